The number of anilines is 3. The molecule has 1 aromatic heterocycles. The van der Waals surface area contributed by atoms with Crippen LogP contribution in [0, 0.1) is 0 Å². The van der Waals surface area contributed by atoms with Crippen molar-refractivity contribution in [2.75, 3.05) is 23.5 Å². The van der Waals surface area contributed by atoms with Crippen molar-refractivity contribution in [2.24, 2.45) is 0 Å². The fourth-order valence-corrected chi connectivity index (χ4v) is 4.03. The van der Waals surface area contributed by atoms with Crippen LogP contribution in [0.3, 0.4) is 0 Å². The number of thioether (sulfide) groups is 1. The fraction of sp³-hybridized carbons (Fsp3) is 0.250. The van der Waals surface area contributed by atoms with Crippen molar-refractivity contribution in [1.29, 1.82) is 0 Å². The summed E-state index contributed by atoms with van der Waals surface area (Å²) in [5.74, 6) is 1.26. The quantitative estimate of drug-likeness (QED) is 0.497. The molecule has 0 aliphatic heterocycles. The van der Waals surface area contributed by atoms with E-state index in [-0.39, 0.29) is 11.7 Å². The van der Waals surface area contributed by atoms with Crippen LogP contribution in [0.25, 0.3) is 0 Å². The van der Waals surface area contributed by atoms with Gasteiger partial charge in [0.2, 0.25) is 11.0 Å². The van der Waals surface area contributed by atoms with Gasteiger partial charge in [-0.2, -0.15) is 0 Å². The number of benzene rings is 2. The molecule has 0 unspecified atom stereocenters. The van der Waals surface area contributed by atoms with Gasteiger partial charge in [-0.25, -0.2) is 0 Å². The summed E-state index contributed by atoms with van der Waals surface area (Å²) in [6.45, 7) is 4.33. The van der Waals surface area contributed by atoms with Gasteiger partial charge < -0.3 is 15.4 Å². The first-order valence-electron chi connectivity index (χ1n) is 8.81. The Morgan fingerprint density at radius 2 is 1.89 bits per heavy atom. The van der Waals surface area contributed by atoms with E-state index in [2.05, 4.69) is 46.8 Å². The highest BCUT2D eigenvalue weighted by Crippen LogP contribution is 2.29. The molecule has 1 heterocycles. The van der Waals surface area contributed by atoms with E-state index in [1.54, 1.807) is 19.2 Å². The van der Waals surface area contributed by atoms with Crippen molar-refractivity contribution in [3.63, 3.8) is 0 Å². The van der Waals surface area contributed by atoms with E-state index in [9.17, 15) is 4.79 Å². The molecule has 2 N–H and O–H groups in total. The lowest BCUT2D eigenvalue weighted by Crippen LogP contribution is -2.14. The van der Waals surface area contributed by atoms with Crippen LogP contribution in [-0.2, 0) is 4.79 Å². The van der Waals surface area contributed by atoms with E-state index in [1.807, 2.05) is 24.3 Å². The van der Waals surface area contributed by atoms with Crippen LogP contribution in [0.1, 0.15) is 25.3 Å². The van der Waals surface area contributed by atoms with Crippen LogP contribution in [-0.4, -0.2) is 29.0 Å². The van der Waals surface area contributed by atoms with E-state index in [4.69, 9.17) is 4.74 Å². The fourth-order valence-electron chi connectivity index (χ4n) is 2.45. The lowest BCUT2D eigenvalue weighted by Gasteiger charge is -2.08. The van der Waals surface area contributed by atoms with E-state index >= 15 is 0 Å². The Morgan fingerprint density at radius 1 is 1.14 bits per heavy atom. The van der Waals surface area contributed by atoms with Crippen molar-refractivity contribution < 1.29 is 9.53 Å². The molecule has 0 spiro atoms. The molecule has 0 aliphatic rings. The molecule has 8 heteroatoms. The molecule has 0 saturated carbocycles. The third kappa shape index (κ3) is 5.46. The number of carbonyl (C=O) groups is 1. The van der Waals surface area contributed by atoms with Gasteiger partial charge in [0.1, 0.15) is 5.75 Å². The van der Waals surface area contributed by atoms with Crippen molar-refractivity contribution in [3.05, 3.63) is 54.1 Å². The summed E-state index contributed by atoms with van der Waals surface area (Å²) in [7, 11) is 1.58. The normalized spacial score (nSPS) is 10.7. The van der Waals surface area contributed by atoms with Gasteiger partial charge in [-0.1, -0.05) is 61.2 Å². The second-order valence-corrected chi connectivity index (χ2v) is 8.51. The highest BCUT2D eigenvalue weighted by atomic mass is 32.2. The van der Waals surface area contributed by atoms with Crippen LogP contribution in [0.15, 0.2) is 52.9 Å². The van der Waals surface area contributed by atoms with Gasteiger partial charge in [-0.05, 0) is 35.7 Å². The zero-order chi connectivity index (χ0) is 19.9. The van der Waals surface area contributed by atoms with E-state index in [0.29, 0.717) is 22.5 Å². The topological polar surface area (TPSA) is 76.1 Å². The molecule has 0 radical (unpaired) electrons. The Balaban J connectivity index is 1.52. The number of hydrogen-bond acceptors (Lipinski definition) is 7. The molecule has 146 valence electrons. The Labute approximate surface area is 172 Å². The van der Waals surface area contributed by atoms with Crippen LogP contribution in [0.4, 0.5) is 16.5 Å². The van der Waals surface area contributed by atoms with Gasteiger partial charge in [-0.3, -0.25) is 4.79 Å². The molecule has 6 nitrogen and oxygen atoms in total. The maximum atomic E-state index is 12.2. The average molecular weight is 415 g/mol. The molecular formula is C20H22N4O2S2. The summed E-state index contributed by atoms with van der Waals surface area (Å²) in [5, 5.41) is 15.1. The zero-order valence-electron chi connectivity index (χ0n) is 15.9. The summed E-state index contributed by atoms with van der Waals surface area (Å²) in [6, 6.07) is 15.6. The molecule has 3 aromatic rings. The van der Waals surface area contributed by atoms with E-state index < -0.39 is 0 Å². The molecule has 0 saturated heterocycles. The molecule has 0 bridgehead atoms. The molecule has 2 aromatic carbocycles. The zero-order valence-corrected chi connectivity index (χ0v) is 17.6. The smallest absolute Gasteiger partial charge is 0.234 e. The van der Waals surface area contributed by atoms with E-state index in [1.165, 1.54) is 28.7 Å². The van der Waals surface area contributed by atoms with Gasteiger partial charge >= 0.3 is 0 Å². The highest BCUT2D eigenvalue weighted by Gasteiger charge is 2.11. The molecule has 0 aliphatic carbocycles. The standard InChI is InChI=1S/C20H22N4O2S2/c1-13(2)14-8-10-15(11-9-14)21-19-23-24-20(28-19)27-12-18(25)22-16-6-4-5-7-17(16)26-3/h4-11,13H,12H2,1-3H3,(H,21,23)(H,22,25). The molecule has 0 fully saturated rings. The van der Waals surface area contributed by atoms with Crippen LogP contribution in [0.5, 0.6) is 5.75 Å². The maximum absolute atomic E-state index is 12.2. The van der Waals surface area contributed by atoms with Gasteiger partial charge in [0.15, 0.2) is 4.34 Å². The minimum absolute atomic E-state index is 0.122. The number of ether oxygens (including phenoxy) is 1. The monoisotopic (exact) mass is 414 g/mol. The third-order valence-corrected chi connectivity index (χ3v) is 5.91. The first-order chi connectivity index (χ1) is 13.5. The van der Waals surface area contributed by atoms with Crippen molar-refractivity contribution in [2.45, 2.75) is 24.1 Å². The Kier molecular flexibility index (Phi) is 6.89. The highest BCUT2D eigenvalue weighted by molar-refractivity contribution is 8.01. The Hall–Kier alpha value is -2.58. The SMILES string of the molecule is COc1ccccc1NC(=O)CSc1nnc(Nc2ccc(C(C)C)cc2)s1. The number of amides is 1. The molecule has 0 atom stereocenters. The largest absolute Gasteiger partial charge is 0.495 e. The first kappa shape index (κ1) is 20.2. The second-order valence-electron chi connectivity index (χ2n) is 6.31. The maximum Gasteiger partial charge on any atom is 0.234 e. The number of methoxy groups -OCH3 is 1. The van der Waals surface area contributed by atoms with Gasteiger partial charge in [0, 0.05) is 5.69 Å². The number of rotatable bonds is 8. The molecule has 28 heavy (non-hydrogen) atoms. The third-order valence-electron chi connectivity index (χ3n) is 3.94. The molecule has 1 amide bonds. The van der Waals surface area contributed by atoms with Gasteiger partial charge in [-0.15, -0.1) is 10.2 Å². The summed E-state index contributed by atoms with van der Waals surface area (Å²) < 4.78 is 5.97. The summed E-state index contributed by atoms with van der Waals surface area (Å²) in [4.78, 5) is 12.2. The number of nitrogens with zero attached hydrogens (tertiary/aromatic N) is 2. The lowest BCUT2D eigenvalue weighted by atomic mass is 10.0. The molecular weight excluding hydrogens is 392 g/mol. The van der Waals surface area contributed by atoms with Crippen molar-refractivity contribution >= 4 is 45.5 Å². The Morgan fingerprint density at radius 3 is 2.61 bits per heavy atom. The van der Waals surface area contributed by atoms with Crippen molar-refractivity contribution in [1.82, 2.24) is 10.2 Å². The summed E-state index contributed by atoms with van der Waals surface area (Å²) in [6.07, 6.45) is 0. The van der Waals surface area contributed by atoms with Crippen LogP contribution < -0.4 is 15.4 Å². The lowest BCUT2D eigenvalue weighted by molar-refractivity contribution is -0.113. The van der Waals surface area contributed by atoms with Gasteiger partial charge in [0.25, 0.3) is 0 Å². The number of aromatic nitrogens is 2. The van der Waals surface area contributed by atoms with Crippen LogP contribution in [0.2, 0.25) is 0 Å². The minimum atomic E-state index is -0.122. The van der Waals surface area contributed by atoms with Crippen molar-refractivity contribution in [3.8, 4) is 5.75 Å². The summed E-state index contributed by atoms with van der Waals surface area (Å²) in [5.41, 5.74) is 2.91. The van der Waals surface area contributed by atoms with Crippen LogP contribution >= 0.6 is 23.1 Å². The minimum Gasteiger partial charge on any atom is -0.495 e. The predicted octanol–water partition coefficient (Wildman–Crippen LogP) is 5.14. The number of hydrogen-bond donors (Lipinski definition) is 2. The average Bonchev–Trinajstić information content (AvgIpc) is 3.14. The number of nitrogens with one attached hydrogen (secondary N) is 2. The number of para-hydroxylation sites is 2. The first-order valence-corrected chi connectivity index (χ1v) is 10.6. The second kappa shape index (κ2) is 9.57. The molecule has 3 rings (SSSR count). The Bertz CT molecular complexity index is 926. The number of carbonyl (C=O) groups excluding carboxylic acids is 1. The predicted molar refractivity (Wildman–Crippen MR) is 116 cm³/mol. The summed E-state index contributed by atoms with van der Waals surface area (Å²) >= 11 is 2.77. The van der Waals surface area contributed by atoms with E-state index in [0.717, 1.165) is 10.0 Å². The van der Waals surface area contributed by atoms with Gasteiger partial charge in [0.05, 0.1) is 18.6 Å².